The van der Waals surface area contributed by atoms with E-state index >= 15 is 0 Å². The van der Waals surface area contributed by atoms with Gasteiger partial charge in [-0.25, -0.2) is 0 Å². The van der Waals surface area contributed by atoms with E-state index in [1.165, 1.54) is 6.42 Å². The molecule has 0 aliphatic heterocycles. The van der Waals surface area contributed by atoms with Crippen LogP contribution >= 0.6 is 0 Å². The molecule has 2 amide bonds. The van der Waals surface area contributed by atoms with Gasteiger partial charge in [-0.3, -0.25) is 9.59 Å². The molecule has 2 aromatic rings. The summed E-state index contributed by atoms with van der Waals surface area (Å²) in [5.74, 6) is -0.243. The first kappa shape index (κ1) is 20.1. The molecule has 1 saturated carbocycles. The lowest BCUT2D eigenvalue weighted by atomic mass is 9.94. The highest BCUT2D eigenvalue weighted by molar-refractivity contribution is 6.03. The van der Waals surface area contributed by atoms with Gasteiger partial charge in [0.1, 0.15) is 0 Å². The molecule has 0 spiro atoms. The molecule has 2 aromatic carbocycles. The Balaban J connectivity index is 1.67. The largest absolute Gasteiger partial charge is 0.339 e. The normalized spacial score (nSPS) is 15.6. The van der Waals surface area contributed by atoms with Crippen molar-refractivity contribution in [2.24, 2.45) is 5.73 Å². The first-order valence-corrected chi connectivity index (χ1v) is 10.0. The highest BCUT2D eigenvalue weighted by Crippen LogP contribution is 2.25. The van der Waals surface area contributed by atoms with Crippen molar-refractivity contribution in [2.45, 2.75) is 50.6 Å². The smallest absolute Gasteiger partial charge is 0.255 e. The van der Waals surface area contributed by atoms with Crippen LogP contribution in [-0.4, -0.2) is 29.8 Å². The van der Waals surface area contributed by atoms with E-state index in [1.54, 1.807) is 12.1 Å². The molecule has 1 fully saturated rings. The number of para-hydroxylation sites is 1. The van der Waals surface area contributed by atoms with Crippen LogP contribution in [-0.2, 0) is 4.79 Å². The van der Waals surface area contributed by atoms with Crippen LogP contribution in [0.2, 0.25) is 0 Å². The van der Waals surface area contributed by atoms with Crippen molar-refractivity contribution in [1.82, 2.24) is 4.90 Å². The Kier molecular flexibility index (Phi) is 6.82. The summed E-state index contributed by atoms with van der Waals surface area (Å²) in [7, 11) is 1.86. The number of rotatable bonds is 6. The Labute approximate surface area is 166 Å². The number of carbonyl (C=O) groups excluding carboxylic acids is 2. The van der Waals surface area contributed by atoms with Gasteiger partial charge in [-0.2, -0.15) is 0 Å². The fourth-order valence-corrected chi connectivity index (χ4v) is 3.82. The average molecular weight is 380 g/mol. The van der Waals surface area contributed by atoms with Crippen molar-refractivity contribution < 1.29 is 9.59 Å². The van der Waals surface area contributed by atoms with Crippen molar-refractivity contribution in [3.63, 3.8) is 0 Å². The molecule has 0 saturated heterocycles. The van der Waals surface area contributed by atoms with Gasteiger partial charge in [0.15, 0.2) is 0 Å². The SMILES string of the molecule is CN(C(=O)c1ccccc1NC(=O)CC(N)c1ccccc1)C1CCCCC1. The molecule has 1 aliphatic rings. The van der Waals surface area contributed by atoms with E-state index in [0.29, 0.717) is 11.3 Å². The van der Waals surface area contributed by atoms with E-state index in [4.69, 9.17) is 5.73 Å². The van der Waals surface area contributed by atoms with Crippen molar-refractivity contribution in [2.75, 3.05) is 12.4 Å². The monoisotopic (exact) mass is 379 g/mol. The van der Waals surface area contributed by atoms with Crippen LogP contribution in [0, 0.1) is 0 Å². The quantitative estimate of drug-likeness (QED) is 0.793. The van der Waals surface area contributed by atoms with Crippen LogP contribution in [0.15, 0.2) is 54.6 Å². The molecule has 3 N–H and O–H groups in total. The van der Waals surface area contributed by atoms with E-state index in [2.05, 4.69) is 5.32 Å². The first-order valence-electron chi connectivity index (χ1n) is 10.0. The van der Waals surface area contributed by atoms with E-state index in [1.807, 2.05) is 54.4 Å². The standard InChI is InChI=1S/C23H29N3O2/c1-26(18-12-6-3-7-13-18)23(28)19-14-8-9-15-21(19)25-22(27)16-20(24)17-10-4-2-5-11-17/h2,4-5,8-11,14-15,18,20H,3,6-7,12-13,16,24H2,1H3,(H,25,27). The molecule has 28 heavy (non-hydrogen) atoms. The second kappa shape index (κ2) is 9.51. The maximum absolute atomic E-state index is 13.0. The third-order valence-electron chi connectivity index (χ3n) is 5.51. The molecule has 1 aliphatic carbocycles. The van der Waals surface area contributed by atoms with E-state index in [0.717, 1.165) is 31.2 Å². The highest BCUT2D eigenvalue weighted by atomic mass is 16.2. The Hall–Kier alpha value is -2.66. The second-order valence-corrected chi connectivity index (χ2v) is 7.52. The van der Waals surface area contributed by atoms with Gasteiger partial charge in [-0.1, -0.05) is 61.7 Å². The van der Waals surface area contributed by atoms with Gasteiger partial charge in [0.2, 0.25) is 5.91 Å². The van der Waals surface area contributed by atoms with E-state index in [9.17, 15) is 9.59 Å². The summed E-state index contributed by atoms with van der Waals surface area (Å²) >= 11 is 0. The zero-order valence-electron chi connectivity index (χ0n) is 16.4. The maximum atomic E-state index is 13.0. The van der Waals surface area contributed by atoms with Gasteiger partial charge < -0.3 is 16.0 Å². The van der Waals surface area contributed by atoms with Crippen molar-refractivity contribution in [3.05, 3.63) is 65.7 Å². The minimum atomic E-state index is -0.381. The number of hydrogen-bond acceptors (Lipinski definition) is 3. The van der Waals surface area contributed by atoms with Crippen LogP contribution in [0.4, 0.5) is 5.69 Å². The van der Waals surface area contributed by atoms with Gasteiger partial charge in [-0.05, 0) is 30.5 Å². The van der Waals surface area contributed by atoms with E-state index in [-0.39, 0.29) is 30.3 Å². The third-order valence-corrected chi connectivity index (χ3v) is 5.51. The molecule has 5 heteroatoms. The van der Waals surface area contributed by atoms with E-state index < -0.39 is 0 Å². The van der Waals surface area contributed by atoms with Crippen LogP contribution < -0.4 is 11.1 Å². The molecule has 5 nitrogen and oxygen atoms in total. The molecular weight excluding hydrogens is 350 g/mol. The van der Waals surface area contributed by atoms with Crippen molar-refractivity contribution >= 4 is 17.5 Å². The molecule has 148 valence electrons. The van der Waals surface area contributed by atoms with Crippen LogP contribution in [0.3, 0.4) is 0 Å². The summed E-state index contributed by atoms with van der Waals surface area (Å²) in [5.41, 5.74) is 8.14. The number of amides is 2. The number of benzene rings is 2. The molecule has 0 bridgehead atoms. The Morgan fingerprint density at radius 3 is 2.39 bits per heavy atom. The number of nitrogens with two attached hydrogens (primary N) is 1. The minimum absolute atomic E-state index is 0.0462. The van der Waals surface area contributed by atoms with Crippen LogP contribution in [0.25, 0.3) is 0 Å². The molecule has 1 atom stereocenters. The lowest BCUT2D eigenvalue weighted by Crippen LogP contribution is -2.38. The first-order chi connectivity index (χ1) is 13.6. The summed E-state index contributed by atoms with van der Waals surface area (Å²) in [4.78, 5) is 27.4. The zero-order chi connectivity index (χ0) is 19.9. The molecule has 3 rings (SSSR count). The summed E-state index contributed by atoms with van der Waals surface area (Å²) in [6.45, 7) is 0. The predicted octanol–water partition coefficient (Wildman–Crippen LogP) is 4.12. The van der Waals surface area contributed by atoms with Crippen LogP contribution in [0.1, 0.15) is 60.5 Å². The number of carbonyl (C=O) groups is 2. The Morgan fingerprint density at radius 1 is 1.04 bits per heavy atom. The second-order valence-electron chi connectivity index (χ2n) is 7.52. The predicted molar refractivity (Wildman–Crippen MR) is 112 cm³/mol. The zero-order valence-corrected chi connectivity index (χ0v) is 16.4. The fourth-order valence-electron chi connectivity index (χ4n) is 3.82. The number of nitrogens with zero attached hydrogens (tertiary/aromatic N) is 1. The Bertz CT molecular complexity index is 801. The molecular formula is C23H29N3O2. The van der Waals surface area contributed by atoms with Gasteiger partial charge in [0.25, 0.3) is 5.91 Å². The molecule has 1 unspecified atom stereocenters. The lowest BCUT2D eigenvalue weighted by molar-refractivity contribution is -0.116. The topological polar surface area (TPSA) is 75.4 Å². The number of nitrogens with one attached hydrogen (secondary N) is 1. The molecule has 0 radical (unpaired) electrons. The fraction of sp³-hybridized carbons (Fsp3) is 0.391. The molecule has 0 aromatic heterocycles. The number of hydrogen-bond donors (Lipinski definition) is 2. The van der Waals surface area contributed by atoms with Gasteiger partial charge in [0, 0.05) is 25.6 Å². The third kappa shape index (κ3) is 4.98. The van der Waals surface area contributed by atoms with Gasteiger partial charge in [-0.15, -0.1) is 0 Å². The minimum Gasteiger partial charge on any atom is -0.339 e. The molecule has 0 heterocycles. The summed E-state index contributed by atoms with van der Waals surface area (Å²) in [6.07, 6.45) is 5.82. The summed E-state index contributed by atoms with van der Waals surface area (Å²) < 4.78 is 0. The summed E-state index contributed by atoms with van der Waals surface area (Å²) in [5, 5.41) is 2.88. The van der Waals surface area contributed by atoms with Crippen molar-refractivity contribution in [3.8, 4) is 0 Å². The number of anilines is 1. The van der Waals surface area contributed by atoms with Crippen LogP contribution in [0.5, 0.6) is 0 Å². The maximum Gasteiger partial charge on any atom is 0.255 e. The van der Waals surface area contributed by atoms with Crippen molar-refractivity contribution in [1.29, 1.82) is 0 Å². The summed E-state index contributed by atoms with van der Waals surface area (Å²) in [6, 6.07) is 16.6. The highest BCUT2D eigenvalue weighted by Gasteiger charge is 2.25. The average Bonchev–Trinajstić information content (AvgIpc) is 2.74. The Morgan fingerprint density at radius 2 is 1.68 bits per heavy atom. The lowest BCUT2D eigenvalue weighted by Gasteiger charge is -2.31. The van der Waals surface area contributed by atoms with Gasteiger partial charge in [0.05, 0.1) is 11.3 Å². The van der Waals surface area contributed by atoms with Gasteiger partial charge >= 0.3 is 0 Å².